The number of hydrogen-bond donors (Lipinski definition) is 3. The van der Waals surface area contributed by atoms with Gasteiger partial charge in [0.25, 0.3) is 0 Å². The molecule has 4 heterocycles. The van der Waals surface area contributed by atoms with Crippen molar-refractivity contribution in [2.75, 3.05) is 6.54 Å². The molecule has 3 aromatic carbocycles. The Morgan fingerprint density at radius 1 is 0.646 bits per heavy atom. The van der Waals surface area contributed by atoms with Crippen molar-refractivity contribution in [2.45, 2.75) is 52.4 Å². The molecule has 0 bridgehead atoms. The van der Waals surface area contributed by atoms with Gasteiger partial charge in [0, 0.05) is 51.5 Å². The average molecular weight is 633 g/mol. The number of aryl methyl sites for hydroxylation is 2. The molecular weight excluding hydrogens is 592 g/mol. The fourth-order valence-electron chi connectivity index (χ4n) is 6.46. The van der Waals surface area contributed by atoms with E-state index in [0.29, 0.717) is 34.6 Å². The molecule has 0 fully saturated rings. The summed E-state index contributed by atoms with van der Waals surface area (Å²) in [5.74, 6) is 0.373. The van der Waals surface area contributed by atoms with Crippen LogP contribution in [-0.4, -0.2) is 31.7 Å². The molecule has 3 N–H and O–H groups in total. The quantitative estimate of drug-likeness (QED) is 0.130. The van der Waals surface area contributed by atoms with Gasteiger partial charge < -0.3 is 15.5 Å². The van der Waals surface area contributed by atoms with Crippen molar-refractivity contribution in [1.82, 2.24) is 20.3 Å². The Balaban J connectivity index is 1.39. The van der Waals surface area contributed by atoms with Crippen LogP contribution in [0.15, 0.2) is 103 Å². The molecule has 0 saturated carbocycles. The molecule has 1 aliphatic heterocycles. The number of benzene rings is 3. The Bertz CT molecular complexity index is 2190. The van der Waals surface area contributed by atoms with Crippen molar-refractivity contribution in [2.24, 2.45) is 0 Å². The second-order valence-corrected chi connectivity index (χ2v) is 12.5. The molecule has 1 aliphatic rings. The molecule has 0 atom stereocenters. The molecule has 6 heteroatoms. The third kappa shape index (κ3) is 6.14. The minimum Gasteiger partial charge on any atom is -0.507 e. The zero-order chi connectivity index (χ0) is 33.0. The Hall–Kier alpha value is -5.49. The molecule has 0 unspecified atom stereocenters. The third-order valence-electron chi connectivity index (χ3n) is 9.09. The molecular formula is C42H40N4O2. The minimum atomic E-state index is 0.163. The fourth-order valence-corrected chi connectivity index (χ4v) is 6.46. The van der Waals surface area contributed by atoms with E-state index in [1.165, 1.54) is 5.56 Å². The zero-order valence-electron chi connectivity index (χ0n) is 27.5. The highest BCUT2D eigenvalue weighted by Crippen LogP contribution is 2.41. The van der Waals surface area contributed by atoms with Gasteiger partial charge >= 0.3 is 0 Å². The van der Waals surface area contributed by atoms with Crippen LogP contribution in [0, 0.1) is 0 Å². The lowest BCUT2D eigenvalue weighted by molar-refractivity contribution is 0.474. The van der Waals surface area contributed by atoms with Gasteiger partial charge in [-0.1, -0.05) is 69.2 Å². The molecule has 6 nitrogen and oxygen atoms in total. The van der Waals surface area contributed by atoms with E-state index in [1.54, 1.807) is 6.20 Å². The van der Waals surface area contributed by atoms with E-state index in [0.717, 1.165) is 82.8 Å². The van der Waals surface area contributed by atoms with Crippen LogP contribution in [0.25, 0.3) is 61.3 Å². The number of phenols is 2. The molecule has 0 saturated heterocycles. The first kappa shape index (κ1) is 31.1. The molecule has 6 aromatic rings. The Morgan fingerprint density at radius 3 is 1.71 bits per heavy atom. The van der Waals surface area contributed by atoms with E-state index in [1.807, 2.05) is 60.7 Å². The summed E-state index contributed by atoms with van der Waals surface area (Å²) in [4.78, 5) is 14.9. The molecule has 48 heavy (non-hydrogen) atoms. The summed E-state index contributed by atoms with van der Waals surface area (Å²) in [5.41, 5.74) is 9.64. The minimum absolute atomic E-state index is 0.163. The van der Waals surface area contributed by atoms with Crippen LogP contribution in [0.5, 0.6) is 11.5 Å². The number of allylic oxidation sites excluding steroid dienone is 2. The summed E-state index contributed by atoms with van der Waals surface area (Å²) in [5, 5.41) is 28.6. The Labute approximate surface area is 281 Å². The van der Waals surface area contributed by atoms with Gasteiger partial charge in [0.1, 0.15) is 11.5 Å². The second kappa shape index (κ2) is 13.7. The number of unbranched alkanes of at least 4 members (excludes halogenated alkanes) is 2. The number of rotatable bonds is 10. The SMILES string of the molecule is CCCCc1cc(C2=CC=CCN2)c(O)c(-c2ccc3ccc4ccc(-c5cc(CCCC)cc(-c6ccccn6)c5O)nc4c3n2)c1. The maximum absolute atomic E-state index is 11.7. The number of pyridine rings is 3. The van der Waals surface area contributed by atoms with Gasteiger partial charge in [-0.2, -0.15) is 0 Å². The summed E-state index contributed by atoms with van der Waals surface area (Å²) in [6, 6.07) is 26.2. The van der Waals surface area contributed by atoms with Crippen molar-refractivity contribution in [1.29, 1.82) is 0 Å². The van der Waals surface area contributed by atoms with Crippen LogP contribution in [0.4, 0.5) is 0 Å². The predicted molar refractivity (Wildman–Crippen MR) is 197 cm³/mol. The number of aromatic nitrogens is 3. The third-order valence-corrected chi connectivity index (χ3v) is 9.09. The van der Waals surface area contributed by atoms with E-state index in [2.05, 4.69) is 60.6 Å². The Morgan fingerprint density at radius 2 is 1.19 bits per heavy atom. The summed E-state index contributed by atoms with van der Waals surface area (Å²) in [6.45, 7) is 5.09. The lowest BCUT2D eigenvalue weighted by Gasteiger charge is -2.18. The van der Waals surface area contributed by atoms with Crippen molar-refractivity contribution in [3.8, 4) is 45.3 Å². The van der Waals surface area contributed by atoms with Gasteiger partial charge in [0.15, 0.2) is 0 Å². The van der Waals surface area contributed by atoms with Gasteiger partial charge in [0.05, 0.1) is 28.1 Å². The monoisotopic (exact) mass is 632 g/mol. The van der Waals surface area contributed by atoms with E-state index < -0.39 is 0 Å². The molecule has 0 amide bonds. The predicted octanol–water partition coefficient (Wildman–Crippen LogP) is 9.78. The first-order valence-corrected chi connectivity index (χ1v) is 17.0. The summed E-state index contributed by atoms with van der Waals surface area (Å²) in [6.07, 6.45) is 13.9. The van der Waals surface area contributed by atoms with Crippen molar-refractivity contribution in [3.63, 3.8) is 0 Å². The van der Waals surface area contributed by atoms with Crippen molar-refractivity contribution < 1.29 is 10.2 Å². The van der Waals surface area contributed by atoms with Crippen LogP contribution in [0.2, 0.25) is 0 Å². The number of dihydropyridines is 1. The number of aromatic hydroxyl groups is 2. The van der Waals surface area contributed by atoms with Gasteiger partial charge in [-0.3, -0.25) is 4.98 Å². The Kier molecular flexibility index (Phi) is 8.89. The highest BCUT2D eigenvalue weighted by molar-refractivity contribution is 6.04. The molecule has 0 aliphatic carbocycles. The average Bonchev–Trinajstić information content (AvgIpc) is 3.14. The van der Waals surface area contributed by atoms with Gasteiger partial charge in [-0.05, 0) is 91.4 Å². The lowest BCUT2D eigenvalue weighted by Crippen LogP contribution is -2.14. The smallest absolute Gasteiger partial charge is 0.134 e. The van der Waals surface area contributed by atoms with Crippen LogP contribution >= 0.6 is 0 Å². The van der Waals surface area contributed by atoms with E-state index in [4.69, 9.17) is 9.97 Å². The summed E-state index contributed by atoms with van der Waals surface area (Å²) < 4.78 is 0. The van der Waals surface area contributed by atoms with Crippen LogP contribution in [-0.2, 0) is 12.8 Å². The number of phenolic OH excluding ortho intramolecular Hbond substituents is 2. The number of nitrogens with one attached hydrogen (secondary N) is 1. The largest absolute Gasteiger partial charge is 0.507 e. The van der Waals surface area contributed by atoms with Crippen LogP contribution in [0.3, 0.4) is 0 Å². The topological polar surface area (TPSA) is 91.2 Å². The van der Waals surface area contributed by atoms with Crippen molar-refractivity contribution in [3.05, 3.63) is 120 Å². The highest BCUT2D eigenvalue weighted by Gasteiger charge is 2.19. The van der Waals surface area contributed by atoms with Crippen LogP contribution < -0.4 is 5.32 Å². The molecule has 7 rings (SSSR count). The van der Waals surface area contributed by atoms with E-state index in [9.17, 15) is 10.2 Å². The number of hydrogen-bond acceptors (Lipinski definition) is 6. The summed E-state index contributed by atoms with van der Waals surface area (Å²) in [7, 11) is 0. The lowest BCUT2D eigenvalue weighted by atomic mass is 9.95. The molecule has 240 valence electrons. The maximum Gasteiger partial charge on any atom is 0.134 e. The van der Waals surface area contributed by atoms with Gasteiger partial charge in [0.2, 0.25) is 0 Å². The normalized spacial score (nSPS) is 12.8. The maximum atomic E-state index is 11.7. The molecule has 0 radical (unpaired) electrons. The standard InChI is InChI=1S/C42H40N4O2/c1-3-5-11-27-23-31(35-13-7-9-21-43-35)41(47)33(25-27)37-19-17-29-15-16-30-18-20-38(46-40(30)39(29)45-37)34-26-28(12-6-4-2)24-32(42(34)48)36-14-8-10-22-44-36/h7-10,13-21,23-26,44,47-48H,3-6,11-12,22H2,1-2H3. The second-order valence-electron chi connectivity index (χ2n) is 12.5. The van der Waals surface area contributed by atoms with Crippen LogP contribution in [0.1, 0.15) is 56.2 Å². The van der Waals surface area contributed by atoms with E-state index >= 15 is 0 Å². The van der Waals surface area contributed by atoms with Gasteiger partial charge in [-0.25, -0.2) is 9.97 Å². The highest BCUT2D eigenvalue weighted by atomic mass is 16.3. The zero-order valence-corrected chi connectivity index (χ0v) is 27.5. The first-order valence-electron chi connectivity index (χ1n) is 17.0. The number of nitrogens with zero attached hydrogens (tertiary/aromatic N) is 3. The molecule has 3 aromatic heterocycles. The fraction of sp³-hybridized carbons (Fsp3) is 0.214. The van der Waals surface area contributed by atoms with Gasteiger partial charge in [-0.15, -0.1) is 0 Å². The summed E-state index contributed by atoms with van der Waals surface area (Å²) >= 11 is 0. The van der Waals surface area contributed by atoms with Crippen molar-refractivity contribution >= 4 is 27.5 Å². The molecule has 0 spiro atoms. The first-order chi connectivity index (χ1) is 23.5. The van der Waals surface area contributed by atoms with E-state index in [-0.39, 0.29) is 11.5 Å². The number of fused-ring (bicyclic) bond motifs is 3.